The van der Waals surface area contributed by atoms with Crippen LogP contribution in [0, 0.1) is 5.92 Å². The van der Waals surface area contributed by atoms with Crippen molar-refractivity contribution in [3.05, 3.63) is 36.1 Å². The van der Waals surface area contributed by atoms with Crippen LogP contribution in [-0.2, 0) is 9.53 Å². The Morgan fingerprint density at radius 1 is 1.33 bits per heavy atom. The number of carbonyl (C=O) groups excluding carboxylic acids is 1. The lowest BCUT2D eigenvalue weighted by Gasteiger charge is -2.07. The number of ketones is 1. The molecule has 102 valence electrons. The molecule has 1 atom stereocenters. The average molecular weight is 250 g/mol. The molecular weight excluding hydrogens is 224 g/mol. The fourth-order valence-electron chi connectivity index (χ4n) is 1.38. The van der Waals surface area contributed by atoms with E-state index in [0.717, 1.165) is 25.9 Å². The van der Waals surface area contributed by atoms with Crippen LogP contribution in [0.2, 0.25) is 0 Å². The van der Waals surface area contributed by atoms with E-state index in [9.17, 15) is 4.79 Å². The molecule has 0 radical (unpaired) electrons. The molecule has 0 saturated heterocycles. The molecule has 0 saturated carbocycles. The summed E-state index contributed by atoms with van der Waals surface area (Å²) in [5.74, 6) is 0.416. The summed E-state index contributed by atoms with van der Waals surface area (Å²) in [4.78, 5) is 11.1. The lowest BCUT2D eigenvalue weighted by atomic mass is 9.98. The second-order valence-corrected chi connectivity index (χ2v) is 4.47. The zero-order valence-electron chi connectivity index (χ0n) is 12.1. The molecule has 0 spiro atoms. The van der Waals surface area contributed by atoms with Crippen molar-refractivity contribution in [2.24, 2.45) is 5.92 Å². The van der Waals surface area contributed by atoms with Crippen LogP contribution in [0.4, 0.5) is 0 Å². The molecular formula is C16H26O2. The Labute approximate surface area is 111 Å². The fraction of sp³-hybridized carbons (Fsp3) is 0.562. The van der Waals surface area contributed by atoms with Gasteiger partial charge in [0.25, 0.3) is 0 Å². The highest BCUT2D eigenvalue weighted by Crippen LogP contribution is 2.13. The molecule has 0 bridgehead atoms. The number of carbonyl (C=O) groups is 1. The highest BCUT2D eigenvalue weighted by atomic mass is 16.5. The molecule has 0 aliphatic carbocycles. The average Bonchev–Trinajstić information content (AvgIpc) is 2.36. The van der Waals surface area contributed by atoms with Gasteiger partial charge in [0.1, 0.15) is 5.78 Å². The number of hydrogen-bond donors (Lipinski definition) is 0. The molecule has 2 heteroatoms. The lowest BCUT2D eigenvalue weighted by molar-refractivity contribution is -0.120. The quantitative estimate of drug-likeness (QED) is 0.343. The Kier molecular flexibility index (Phi) is 10.0. The largest absolute Gasteiger partial charge is 0.501 e. The summed E-state index contributed by atoms with van der Waals surface area (Å²) in [6.07, 6.45) is 12.6. The van der Waals surface area contributed by atoms with Crippen molar-refractivity contribution < 1.29 is 9.53 Å². The molecule has 0 aliphatic rings. The second-order valence-electron chi connectivity index (χ2n) is 4.47. The maximum atomic E-state index is 11.1. The van der Waals surface area contributed by atoms with Gasteiger partial charge in [0, 0.05) is 5.92 Å². The van der Waals surface area contributed by atoms with Crippen molar-refractivity contribution in [1.29, 1.82) is 0 Å². The van der Waals surface area contributed by atoms with Gasteiger partial charge in [-0.25, -0.2) is 0 Å². The van der Waals surface area contributed by atoms with E-state index in [1.165, 1.54) is 5.57 Å². The van der Waals surface area contributed by atoms with Gasteiger partial charge in [0.15, 0.2) is 0 Å². The van der Waals surface area contributed by atoms with Crippen molar-refractivity contribution in [3.63, 3.8) is 0 Å². The van der Waals surface area contributed by atoms with E-state index in [-0.39, 0.29) is 11.7 Å². The minimum atomic E-state index is 0.150. The highest BCUT2D eigenvalue weighted by Gasteiger charge is 2.06. The molecule has 0 aromatic heterocycles. The maximum Gasteiger partial charge on any atom is 0.132 e. The molecule has 0 rings (SSSR count). The molecule has 0 amide bonds. The van der Waals surface area contributed by atoms with E-state index in [2.05, 4.69) is 19.1 Å². The third-order valence-electron chi connectivity index (χ3n) is 2.85. The van der Waals surface area contributed by atoms with E-state index in [4.69, 9.17) is 4.74 Å². The van der Waals surface area contributed by atoms with Crippen LogP contribution in [0.25, 0.3) is 0 Å². The van der Waals surface area contributed by atoms with E-state index in [1.807, 2.05) is 26.0 Å². The van der Waals surface area contributed by atoms with E-state index < -0.39 is 0 Å². The lowest BCUT2D eigenvalue weighted by Crippen LogP contribution is -2.05. The monoisotopic (exact) mass is 250 g/mol. The first-order valence-electron chi connectivity index (χ1n) is 6.72. The van der Waals surface area contributed by atoms with Crippen molar-refractivity contribution in [1.82, 2.24) is 0 Å². The van der Waals surface area contributed by atoms with Gasteiger partial charge >= 0.3 is 0 Å². The number of ether oxygens (including phenoxy) is 1. The molecule has 18 heavy (non-hydrogen) atoms. The summed E-state index contributed by atoms with van der Waals surface area (Å²) in [5, 5.41) is 0. The third kappa shape index (κ3) is 8.80. The first kappa shape index (κ1) is 16.7. The smallest absolute Gasteiger partial charge is 0.132 e. The van der Waals surface area contributed by atoms with Crippen molar-refractivity contribution in [2.75, 3.05) is 6.61 Å². The summed E-state index contributed by atoms with van der Waals surface area (Å²) in [7, 11) is 0. The van der Waals surface area contributed by atoms with Gasteiger partial charge in [-0.1, -0.05) is 37.6 Å². The molecule has 0 aromatic rings. The predicted molar refractivity (Wildman–Crippen MR) is 77.4 cm³/mol. The van der Waals surface area contributed by atoms with Crippen LogP contribution in [0.1, 0.15) is 47.0 Å². The van der Waals surface area contributed by atoms with Gasteiger partial charge in [-0.3, -0.25) is 4.79 Å². The van der Waals surface area contributed by atoms with Crippen molar-refractivity contribution >= 4 is 5.78 Å². The second kappa shape index (κ2) is 10.8. The Balaban J connectivity index is 4.01. The Hall–Kier alpha value is -1.31. The first-order valence-corrected chi connectivity index (χ1v) is 6.72. The van der Waals surface area contributed by atoms with Crippen LogP contribution in [-0.4, -0.2) is 12.4 Å². The summed E-state index contributed by atoms with van der Waals surface area (Å²) in [5.41, 5.74) is 1.25. The van der Waals surface area contributed by atoms with E-state index in [0.29, 0.717) is 0 Å². The minimum absolute atomic E-state index is 0.150. The molecule has 2 nitrogen and oxygen atoms in total. The number of hydrogen-bond acceptors (Lipinski definition) is 2. The SMILES string of the molecule is C\C=C(/C=C\C=C\OCCC)CCC(C)C(C)=O. The molecule has 0 fully saturated rings. The number of Topliss-reactive ketones (excluding diaryl/α,β-unsaturated/α-hetero) is 1. The third-order valence-corrected chi connectivity index (χ3v) is 2.85. The molecule has 0 heterocycles. The van der Waals surface area contributed by atoms with Gasteiger partial charge in [-0.2, -0.15) is 0 Å². The molecule has 0 aromatic carbocycles. The van der Waals surface area contributed by atoms with Gasteiger partial charge in [0.2, 0.25) is 0 Å². The summed E-state index contributed by atoms with van der Waals surface area (Å²) in [6, 6.07) is 0. The Bertz CT molecular complexity index is 311. The summed E-state index contributed by atoms with van der Waals surface area (Å²) in [6.45, 7) is 8.51. The fourth-order valence-corrected chi connectivity index (χ4v) is 1.38. The molecule has 0 N–H and O–H groups in total. The normalized spacial score (nSPS) is 14.3. The number of rotatable bonds is 9. The first-order chi connectivity index (χ1) is 8.61. The van der Waals surface area contributed by atoms with Crippen LogP contribution >= 0.6 is 0 Å². The highest BCUT2D eigenvalue weighted by molar-refractivity contribution is 5.77. The van der Waals surface area contributed by atoms with Gasteiger partial charge < -0.3 is 4.74 Å². The Morgan fingerprint density at radius 3 is 2.61 bits per heavy atom. The number of allylic oxidation sites excluding steroid dienone is 5. The van der Waals surface area contributed by atoms with Crippen LogP contribution in [0.15, 0.2) is 36.1 Å². The van der Waals surface area contributed by atoms with Crippen LogP contribution in [0.5, 0.6) is 0 Å². The summed E-state index contributed by atoms with van der Waals surface area (Å²) >= 11 is 0. The van der Waals surface area contributed by atoms with Crippen LogP contribution < -0.4 is 0 Å². The standard InChI is InChI=1S/C16H26O2/c1-5-12-18-13-8-7-9-16(6-2)11-10-14(3)15(4)17/h6-9,13-14H,5,10-12H2,1-4H3/b9-7-,13-8+,16-6+. The minimum Gasteiger partial charge on any atom is -0.501 e. The zero-order chi connectivity index (χ0) is 13.8. The predicted octanol–water partition coefficient (Wildman–Crippen LogP) is 4.43. The molecule has 1 unspecified atom stereocenters. The molecule has 0 aliphatic heterocycles. The zero-order valence-corrected chi connectivity index (χ0v) is 12.1. The maximum absolute atomic E-state index is 11.1. The van der Waals surface area contributed by atoms with Crippen LogP contribution in [0.3, 0.4) is 0 Å². The van der Waals surface area contributed by atoms with Gasteiger partial charge in [-0.05, 0) is 39.2 Å². The van der Waals surface area contributed by atoms with Gasteiger partial charge in [-0.15, -0.1) is 0 Å². The van der Waals surface area contributed by atoms with E-state index >= 15 is 0 Å². The topological polar surface area (TPSA) is 26.3 Å². The van der Waals surface area contributed by atoms with E-state index in [1.54, 1.807) is 13.2 Å². The van der Waals surface area contributed by atoms with Gasteiger partial charge in [0.05, 0.1) is 12.9 Å². The van der Waals surface area contributed by atoms with Crippen molar-refractivity contribution in [2.45, 2.75) is 47.0 Å². The van der Waals surface area contributed by atoms with Crippen molar-refractivity contribution in [3.8, 4) is 0 Å². The summed E-state index contributed by atoms with van der Waals surface area (Å²) < 4.78 is 5.23. The Morgan fingerprint density at radius 2 is 2.06 bits per heavy atom.